The van der Waals surface area contributed by atoms with Crippen LogP contribution in [0, 0.1) is 11.3 Å². The number of thiazole rings is 1. The number of carbonyl (C=O) groups excluding carboxylic acids is 2. The molecule has 1 aromatic carbocycles. The molecule has 1 fully saturated rings. The number of aromatic nitrogens is 1. The van der Waals surface area contributed by atoms with Gasteiger partial charge >= 0.3 is 0 Å². The number of benzene rings is 1. The molecule has 2 aromatic rings. The molecule has 0 saturated carbocycles. The van der Waals surface area contributed by atoms with E-state index in [0.29, 0.717) is 6.42 Å². The number of nitrogens with zero attached hydrogens (tertiary/aromatic N) is 3. The van der Waals surface area contributed by atoms with Gasteiger partial charge in [0.25, 0.3) is 11.8 Å². The van der Waals surface area contributed by atoms with Gasteiger partial charge in [-0.3, -0.25) is 9.59 Å². The molecule has 7 nitrogen and oxygen atoms in total. The first kappa shape index (κ1) is 20.7. The number of hydrogen-bond donors (Lipinski definition) is 1. The topological polar surface area (TPSA) is 95.3 Å². The van der Waals surface area contributed by atoms with Gasteiger partial charge in [0, 0.05) is 18.2 Å². The third-order valence-electron chi connectivity index (χ3n) is 4.44. The number of halogens is 2. The number of alkyl halides is 2. The summed E-state index contributed by atoms with van der Waals surface area (Å²) < 4.78 is 32.0. The van der Waals surface area contributed by atoms with Crippen LogP contribution in [0.5, 0.6) is 5.75 Å². The van der Waals surface area contributed by atoms with Gasteiger partial charge in [-0.05, 0) is 17.7 Å². The second-order valence-corrected chi connectivity index (χ2v) is 7.50. The van der Waals surface area contributed by atoms with Crippen LogP contribution in [0.25, 0.3) is 0 Å². The second kappa shape index (κ2) is 8.53. The van der Waals surface area contributed by atoms with E-state index < -0.39 is 43.3 Å². The molecule has 0 spiro atoms. The second-order valence-electron chi connectivity index (χ2n) is 6.56. The number of amides is 2. The molecule has 152 valence electrons. The van der Waals surface area contributed by atoms with Gasteiger partial charge in [0.1, 0.15) is 17.5 Å². The average molecular weight is 420 g/mol. The van der Waals surface area contributed by atoms with Gasteiger partial charge in [0.05, 0.1) is 31.3 Å². The summed E-state index contributed by atoms with van der Waals surface area (Å²) in [6.45, 7) is -1.29. The van der Waals surface area contributed by atoms with Crippen molar-refractivity contribution in [2.75, 3.05) is 20.2 Å². The minimum atomic E-state index is -3.09. The number of likely N-dealkylation sites (tertiary alicyclic amines) is 1. The van der Waals surface area contributed by atoms with E-state index in [0.717, 1.165) is 21.2 Å². The first-order chi connectivity index (χ1) is 13.8. The highest BCUT2D eigenvalue weighted by atomic mass is 32.1. The van der Waals surface area contributed by atoms with Crippen molar-refractivity contribution in [1.29, 1.82) is 5.26 Å². The molecule has 29 heavy (non-hydrogen) atoms. The van der Waals surface area contributed by atoms with E-state index in [1.165, 1.54) is 11.3 Å². The number of ether oxygens (including phenoxy) is 1. The molecular weight excluding hydrogens is 402 g/mol. The Hall–Kier alpha value is -3.06. The summed E-state index contributed by atoms with van der Waals surface area (Å²) in [5, 5.41) is 13.6. The van der Waals surface area contributed by atoms with Gasteiger partial charge in [-0.15, -0.1) is 11.3 Å². The zero-order valence-corrected chi connectivity index (χ0v) is 16.3. The van der Waals surface area contributed by atoms with Gasteiger partial charge in [-0.1, -0.05) is 12.1 Å². The van der Waals surface area contributed by atoms with E-state index in [1.54, 1.807) is 18.6 Å². The highest BCUT2D eigenvalue weighted by Crippen LogP contribution is 2.31. The van der Waals surface area contributed by atoms with Crippen molar-refractivity contribution in [3.63, 3.8) is 0 Å². The molecule has 1 aliphatic rings. The first-order valence-corrected chi connectivity index (χ1v) is 9.62. The van der Waals surface area contributed by atoms with Crippen LogP contribution in [0.4, 0.5) is 8.78 Å². The Balaban J connectivity index is 1.55. The van der Waals surface area contributed by atoms with E-state index in [2.05, 4.69) is 10.3 Å². The van der Waals surface area contributed by atoms with Crippen molar-refractivity contribution in [2.24, 2.45) is 0 Å². The lowest BCUT2D eigenvalue weighted by Gasteiger charge is -2.19. The predicted molar refractivity (Wildman–Crippen MR) is 101 cm³/mol. The van der Waals surface area contributed by atoms with E-state index in [1.807, 2.05) is 24.3 Å². The van der Waals surface area contributed by atoms with Gasteiger partial charge in [0.15, 0.2) is 0 Å². The fourth-order valence-corrected chi connectivity index (χ4v) is 3.77. The minimum absolute atomic E-state index is 0.148. The third-order valence-corrected chi connectivity index (χ3v) is 5.29. The number of rotatable bonds is 6. The Kier molecular flexibility index (Phi) is 6.08. The maximum Gasteiger partial charge on any atom is 0.271 e. The fourth-order valence-electron chi connectivity index (χ4n) is 2.96. The summed E-state index contributed by atoms with van der Waals surface area (Å²) in [4.78, 5) is 29.4. The van der Waals surface area contributed by atoms with Crippen LogP contribution in [0.2, 0.25) is 0 Å². The lowest BCUT2D eigenvalue weighted by molar-refractivity contribution is -0.131. The molecule has 0 radical (unpaired) electrons. The minimum Gasteiger partial charge on any atom is -0.497 e. The molecule has 1 N–H and O–H groups in total. The molecule has 1 aliphatic heterocycles. The molecular formula is C19H18F2N4O3S. The van der Waals surface area contributed by atoms with E-state index >= 15 is 0 Å². The van der Waals surface area contributed by atoms with Crippen molar-refractivity contribution in [1.82, 2.24) is 15.2 Å². The van der Waals surface area contributed by atoms with Crippen LogP contribution in [0.15, 0.2) is 29.6 Å². The Labute approximate surface area is 169 Å². The van der Waals surface area contributed by atoms with E-state index in [9.17, 15) is 18.4 Å². The zero-order chi connectivity index (χ0) is 21.0. The Morgan fingerprint density at radius 3 is 2.79 bits per heavy atom. The van der Waals surface area contributed by atoms with Crippen LogP contribution >= 0.6 is 11.3 Å². The highest BCUT2D eigenvalue weighted by Gasteiger charge is 2.47. The molecule has 0 bridgehead atoms. The monoisotopic (exact) mass is 420 g/mol. The highest BCUT2D eigenvalue weighted by molar-refractivity contribution is 7.09. The molecule has 1 aromatic heterocycles. The largest absolute Gasteiger partial charge is 0.497 e. The molecule has 0 unspecified atom stereocenters. The Morgan fingerprint density at radius 2 is 2.14 bits per heavy atom. The smallest absolute Gasteiger partial charge is 0.271 e. The molecule has 2 heterocycles. The first-order valence-electron chi connectivity index (χ1n) is 8.74. The quantitative estimate of drug-likeness (QED) is 0.773. The van der Waals surface area contributed by atoms with Crippen molar-refractivity contribution >= 4 is 23.2 Å². The van der Waals surface area contributed by atoms with Crippen molar-refractivity contribution < 1.29 is 23.1 Å². The van der Waals surface area contributed by atoms with Crippen molar-refractivity contribution in [3.05, 3.63) is 45.9 Å². The number of nitriles is 1. The molecule has 10 heteroatoms. The Bertz CT molecular complexity index is 940. The van der Waals surface area contributed by atoms with Gasteiger partial charge in [0.2, 0.25) is 5.91 Å². The molecule has 0 aliphatic carbocycles. The predicted octanol–water partition coefficient (Wildman–Crippen LogP) is 2.23. The summed E-state index contributed by atoms with van der Waals surface area (Å²) in [5.41, 5.74) is 1.15. The lowest BCUT2D eigenvalue weighted by atomic mass is 10.1. The maximum atomic E-state index is 13.4. The van der Waals surface area contributed by atoms with Crippen LogP contribution in [0.3, 0.4) is 0 Å². The lowest BCUT2D eigenvalue weighted by Crippen LogP contribution is -2.43. The van der Waals surface area contributed by atoms with Gasteiger partial charge < -0.3 is 15.0 Å². The zero-order valence-electron chi connectivity index (χ0n) is 15.5. The average Bonchev–Trinajstić information content (AvgIpc) is 3.30. The van der Waals surface area contributed by atoms with Crippen molar-refractivity contribution in [2.45, 2.75) is 24.8 Å². The van der Waals surface area contributed by atoms with Crippen LogP contribution in [-0.4, -0.2) is 53.9 Å². The third kappa shape index (κ3) is 5.06. The summed E-state index contributed by atoms with van der Waals surface area (Å²) in [6.07, 6.45) is -0.155. The van der Waals surface area contributed by atoms with Gasteiger partial charge in [-0.25, -0.2) is 13.8 Å². The van der Waals surface area contributed by atoms with E-state index in [-0.39, 0.29) is 5.69 Å². The van der Waals surface area contributed by atoms with Crippen molar-refractivity contribution in [3.8, 4) is 11.8 Å². The molecule has 3 rings (SSSR count). The number of carbonyl (C=O) groups is 2. The summed E-state index contributed by atoms with van der Waals surface area (Å²) in [6, 6.07) is 7.97. The molecule has 1 saturated heterocycles. The number of nitrogens with one attached hydrogen (secondary N) is 1. The Morgan fingerprint density at radius 1 is 1.41 bits per heavy atom. The van der Waals surface area contributed by atoms with Crippen LogP contribution < -0.4 is 10.1 Å². The molecule has 1 atom stereocenters. The summed E-state index contributed by atoms with van der Waals surface area (Å²) >= 11 is 1.31. The number of hydrogen-bond acceptors (Lipinski definition) is 6. The summed E-state index contributed by atoms with van der Waals surface area (Å²) in [5.74, 6) is -3.65. The van der Waals surface area contributed by atoms with Crippen LogP contribution in [-0.2, 0) is 11.2 Å². The molecule has 2 amide bonds. The van der Waals surface area contributed by atoms with E-state index in [4.69, 9.17) is 10.00 Å². The summed E-state index contributed by atoms with van der Waals surface area (Å²) in [7, 11) is 1.58. The normalized spacial score (nSPS) is 17.6. The SMILES string of the molecule is COc1ccc(Cc2nc(C(=O)NCC(=O)N3CC(F)(F)C[C@H]3C#N)cs2)cc1. The number of methoxy groups -OCH3 is 1. The maximum absolute atomic E-state index is 13.4. The standard InChI is InChI=1S/C19H18F2N4O3S/c1-28-14-4-2-12(3-5-14)6-16-24-15(10-29-16)18(27)23-9-17(26)25-11-19(20,21)7-13(25)8-22/h2-5,10,13H,6-7,9,11H2,1H3,(H,23,27)/t13-/m0/s1. The van der Waals surface area contributed by atoms with Gasteiger partial charge in [-0.2, -0.15) is 5.26 Å². The van der Waals surface area contributed by atoms with Crippen LogP contribution in [0.1, 0.15) is 27.5 Å². The fraction of sp³-hybridized carbons (Fsp3) is 0.368.